The Morgan fingerprint density at radius 3 is 2.06 bits per heavy atom. The first-order valence-corrected chi connectivity index (χ1v) is 6.25. The lowest BCUT2D eigenvalue weighted by Crippen LogP contribution is -2.44. The molecule has 0 aliphatic carbocycles. The van der Waals surface area contributed by atoms with E-state index in [4.69, 9.17) is 9.84 Å². The van der Waals surface area contributed by atoms with Crippen LogP contribution in [-0.2, 0) is 9.53 Å². The fourth-order valence-corrected chi connectivity index (χ4v) is 1.62. The number of nitrogens with one attached hydrogen (secondary N) is 1. The van der Waals surface area contributed by atoms with E-state index >= 15 is 0 Å². The molecule has 2 atom stereocenters. The second-order valence-electron chi connectivity index (χ2n) is 6.01. The van der Waals surface area contributed by atoms with Crippen LogP contribution in [0.25, 0.3) is 0 Å². The van der Waals surface area contributed by atoms with Gasteiger partial charge in [0.05, 0.1) is 5.92 Å². The van der Waals surface area contributed by atoms with Crippen molar-refractivity contribution in [3.63, 3.8) is 0 Å². The first-order chi connectivity index (χ1) is 8.03. The first-order valence-electron chi connectivity index (χ1n) is 6.25. The summed E-state index contributed by atoms with van der Waals surface area (Å²) in [6, 6.07) is -0.459. The van der Waals surface area contributed by atoms with Gasteiger partial charge in [-0.15, -0.1) is 0 Å². The highest BCUT2D eigenvalue weighted by Gasteiger charge is 2.28. The largest absolute Gasteiger partial charge is 0.481 e. The summed E-state index contributed by atoms with van der Waals surface area (Å²) in [6.07, 6.45) is -0.0586. The molecule has 18 heavy (non-hydrogen) atoms. The highest BCUT2D eigenvalue weighted by molar-refractivity contribution is 5.73. The number of aliphatic carboxylic acids is 1. The van der Waals surface area contributed by atoms with Crippen LogP contribution in [0.15, 0.2) is 0 Å². The van der Waals surface area contributed by atoms with Crippen LogP contribution in [-0.4, -0.2) is 28.8 Å². The van der Waals surface area contributed by atoms with E-state index in [0.717, 1.165) is 0 Å². The molecule has 0 spiro atoms. The van der Waals surface area contributed by atoms with E-state index in [1.807, 2.05) is 13.8 Å². The maximum Gasteiger partial charge on any atom is 0.407 e. The number of carboxylic acid groups (broad SMARTS) is 1. The Balaban J connectivity index is 4.47. The van der Waals surface area contributed by atoms with Crippen molar-refractivity contribution in [1.82, 2.24) is 5.32 Å². The van der Waals surface area contributed by atoms with Crippen LogP contribution in [0.3, 0.4) is 0 Å². The standard InChI is InChI=1S/C13H25NO4/c1-8(2)7-10(11(15)16)9(3)14-12(17)18-13(4,5)6/h8-10H,7H2,1-6H3,(H,14,17)(H,15,16)/t9-,10?/m1/s1. The molecule has 0 saturated heterocycles. The molecule has 0 radical (unpaired) electrons. The molecule has 0 saturated carbocycles. The number of carboxylic acids is 1. The maximum absolute atomic E-state index is 11.6. The van der Waals surface area contributed by atoms with Crippen LogP contribution in [0.1, 0.15) is 48.0 Å². The van der Waals surface area contributed by atoms with Crippen molar-refractivity contribution < 1.29 is 19.4 Å². The molecule has 0 aromatic carbocycles. The number of carbonyl (C=O) groups is 2. The van der Waals surface area contributed by atoms with Gasteiger partial charge in [0.2, 0.25) is 0 Å². The highest BCUT2D eigenvalue weighted by Crippen LogP contribution is 2.16. The summed E-state index contributed by atoms with van der Waals surface area (Å²) in [4.78, 5) is 22.7. The third-order valence-electron chi connectivity index (χ3n) is 2.39. The van der Waals surface area contributed by atoms with Crippen molar-refractivity contribution in [1.29, 1.82) is 0 Å². The van der Waals surface area contributed by atoms with Crippen molar-refractivity contribution in [2.24, 2.45) is 11.8 Å². The molecule has 2 N–H and O–H groups in total. The average molecular weight is 259 g/mol. The smallest absolute Gasteiger partial charge is 0.407 e. The van der Waals surface area contributed by atoms with Gasteiger partial charge in [0.1, 0.15) is 5.60 Å². The molecule has 0 aliphatic rings. The van der Waals surface area contributed by atoms with Gasteiger partial charge in [-0.3, -0.25) is 4.79 Å². The molecule has 5 heteroatoms. The Bertz CT molecular complexity index is 294. The van der Waals surface area contributed by atoms with Crippen LogP contribution in [0, 0.1) is 11.8 Å². The van der Waals surface area contributed by atoms with E-state index in [2.05, 4.69) is 5.32 Å². The van der Waals surface area contributed by atoms with E-state index in [-0.39, 0.29) is 5.92 Å². The van der Waals surface area contributed by atoms with Crippen molar-refractivity contribution in [2.75, 3.05) is 0 Å². The summed E-state index contributed by atoms with van der Waals surface area (Å²) >= 11 is 0. The van der Waals surface area contributed by atoms with Crippen molar-refractivity contribution in [3.05, 3.63) is 0 Å². The van der Waals surface area contributed by atoms with Crippen LogP contribution in [0.5, 0.6) is 0 Å². The topological polar surface area (TPSA) is 75.6 Å². The zero-order valence-corrected chi connectivity index (χ0v) is 12.1. The van der Waals surface area contributed by atoms with Crippen LogP contribution in [0.4, 0.5) is 4.79 Å². The summed E-state index contributed by atoms with van der Waals surface area (Å²) in [5.41, 5.74) is -0.583. The molecule has 1 amide bonds. The molecule has 5 nitrogen and oxygen atoms in total. The minimum absolute atomic E-state index is 0.258. The Labute approximate surface area is 109 Å². The van der Waals surface area contributed by atoms with E-state index in [9.17, 15) is 9.59 Å². The minimum Gasteiger partial charge on any atom is -0.481 e. The molecule has 0 aliphatic heterocycles. The van der Waals surface area contributed by atoms with Gasteiger partial charge in [-0.05, 0) is 40.0 Å². The van der Waals surface area contributed by atoms with Gasteiger partial charge in [-0.2, -0.15) is 0 Å². The quantitative estimate of drug-likeness (QED) is 0.795. The zero-order valence-electron chi connectivity index (χ0n) is 12.1. The highest BCUT2D eigenvalue weighted by atomic mass is 16.6. The minimum atomic E-state index is -0.896. The van der Waals surface area contributed by atoms with Crippen LogP contribution >= 0.6 is 0 Å². The van der Waals surface area contributed by atoms with Gasteiger partial charge < -0.3 is 15.2 Å². The maximum atomic E-state index is 11.6. The van der Waals surface area contributed by atoms with Crippen molar-refractivity contribution in [3.8, 4) is 0 Å². The number of alkyl carbamates (subject to hydrolysis) is 1. The predicted octanol–water partition coefficient (Wildman–Crippen LogP) is 2.65. The van der Waals surface area contributed by atoms with E-state index in [0.29, 0.717) is 6.42 Å². The molecular formula is C13H25NO4. The lowest BCUT2D eigenvalue weighted by Gasteiger charge is -2.25. The molecule has 1 unspecified atom stereocenters. The Morgan fingerprint density at radius 2 is 1.72 bits per heavy atom. The van der Waals surface area contributed by atoms with Gasteiger partial charge in [0.25, 0.3) is 0 Å². The fraction of sp³-hybridized carbons (Fsp3) is 0.846. The lowest BCUT2D eigenvalue weighted by molar-refractivity contribution is -0.143. The fourth-order valence-electron chi connectivity index (χ4n) is 1.62. The zero-order chi connectivity index (χ0) is 14.5. The van der Waals surface area contributed by atoms with Gasteiger partial charge in [-0.1, -0.05) is 13.8 Å². The number of amides is 1. The van der Waals surface area contributed by atoms with Crippen LogP contribution in [0.2, 0.25) is 0 Å². The summed E-state index contributed by atoms with van der Waals surface area (Å²) in [5, 5.41) is 11.7. The SMILES string of the molecule is CC(C)CC(C(=O)O)[C@@H](C)NC(=O)OC(C)(C)C. The molecule has 0 fully saturated rings. The second-order valence-corrected chi connectivity index (χ2v) is 6.01. The van der Waals surface area contributed by atoms with Gasteiger partial charge >= 0.3 is 12.1 Å². The molecule has 0 rings (SSSR count). The number of carbonyl (C=O) groups excluding carboxylic acids is 1. The predicted molar refractivity (Wildman–Crippen MR) is 69.4 cm³/mol. The van der Waals surface area contributed by atoms with E-state index in [1.54, 1.807) is 27.7 Å². The van der Waals surface area contributed by atoms with Crippen LogP contribution < -0.4 is 5.32 Å². The summed E-state index contributed by atoms with van der Waals surface area (Å²) in [6.45, 7) is 10.9. The third-order valence-corrected chi connectivity index (χ3v) is 2.39. The number of hydrogen-bond acceptors (Lipinski definition) is 3. The van der Waals surface area contributed by atoms with E-state index < -0.39 is 29.6 Å². The molecule has 0 aromatic heterocycles. The first kappa shape index (κ1) is 16.7. The van der Waals surface area contributed by atoms with Crippen molar-refractivity contribution in [2.45, 2.75) is 59.6 Å². The van der Waals surface area contributed by atoms with Gasteiger partial charge in [0.15, 0.2) is 0 Å². The average Bonchev–Trinajstić information content (AvgIpc) is 2.09. The number of ether oxygens (including phenoxy) is 1. The number of hydrogen-bond donors (Lipinski definition) is 2. The van der Waals surface area contributed by atoms with Gasteiger partial charge in [-0.25, -0.2) is 4.79 Å². The normalized spacial score (nSPS) is 15.1. The molecule has 106 valence electrons. The monoisotopic (exact) mass is 259 g/mol. The molecule has 0 aromatic rings. The molecular weight excluding hydrogens is 234 g/mol. The third kappa shape index (κ3) is 7.14. The van der Waals surface area contributed by atoms with E-state index in [1.165, 1.54) is 0 Å². The molecule has 0 bridgehead atoms. The Morgan fingerprint density at radius 1 is 1.22 bits per heavy atom. The summed E-state index contributed by atoms with van der Waals surface area (Å²) in [7, 11) is 0. The van der Waals surface area contributed by atoms with Crippen molar-refractivity contribution >= 4 is 12.1 Å². The molecule has 0 heterocycles. The summed E-state index contributed by atoms with van der Waals surface area (Å²) < 4.78 is 5.10. The second kappa shape index (κ2) is 6.61. The number of rotatable bonds is 5. The Kier molecular flexibility index (Phi) is 6.15. The summed E-state index contributed by atoms with van der Waals surface area (Å²) in [5.74, 6) is -1.24. The Hall–Kier alpha value is -1.26. The lowest BCUT2D eigenvalue weighted by atomic mass is 9.91. The van der Waals surface area contributed by atoms with Gasteiger partial charge in [0, 0.05) is 6.04 Å².